The number of nitrogens with zero attached hydrogens (tertiary/aromatic N) is 3. The highest BCUT2D eigenvalue weighted by molar-refractivity contribution is 5.79. The van der Waals surface area contributed by atoms with E-state index in [2.05, 4.69) is 49.4 Å². The molecule has 29 heavy (non-hydrogen) atoms. The van der Waals surface area contributed by atoms with Gasteiger partial charge in [0.15, 0.2) is 5.96 Å². The normalized spacial score (nSPS) is 15.4. The lowest BCUT2D eigenvalue weighted by atomic mass is 9.98. The predicted octanol–water partition coefficient (Wildman–Crippen LogP) is 3.38. The van der Waals surface area contributed by atoms with Crippen LogP contribution >= 0.6 is 0 Å². The quantitative estimate of drug-likeness (QED) is 0.366. The molecule has 1 aromatic carbocycles. The summed E-state index contributed by atoms with van der Waals surface area (Å²) < 4.78 is 8.18. The Morgan fingerprint density at radius 1 is 1.14 bits per heavy atom. The van der Waals surface area contributed by atoms with Gasteiger partial charge in [-0.25, -0.2) is 4.98 Å². The van der Waals surface area contributed by atoms with Gasteiger partial charge in [-0.1, -0.05) is 49.6 Å². The van der Waals surface area contributed by atoms with Crippen LogP contribution in [0, 0.1) is 0 Å². The van der Waals surface area contributed by atoms with E-state index < -0.39 is 0 Å². The molecule has 2 N–H and O–H groups in total. The number of hydrogen-bond acceptors (Lipinski definition) is 3. The van der Waals surface area contributed by atoms with Crippen molar-refractivity contribution in [1.82, 2.24) is 20.2 Å². The van der Waals surface area contributed by atoms with E-state index in [4.69, 9.17) is 4.74 Å². The highest BCUT2D eigenvalue weighted by Crippen LogP contribution is 2.20. The monoisotopic (exact) mass is 397 g/mol. The van der Waals surface area contributed by atoms with Gasteiger partial charge in [-0.05, 0) is 24.8 Å². The number of rotatable bonds is 10. The van der Waals surface area contributed by atoms with Crippen molar-refractivity contribution < 1.29 is 4.74 Å². The van der Waals surface area contributed by atoms with Crippen molar-refractivity contribution in [2.24, 2.45) is 4.99 Å². The summed E-state index contributed by atoms with van der Waals surface area (Å²) in [5.74, 6) is 1.92. The predicted molar refractivity (Wildman–Crippen MR) is 118 cm³/mol. The Balaban J connectivity index is 1.31. The summed E-state index contributed by atoms with van der Waals surface area (Å²) in [6, 6.07) is 10.5. The molecule has 6 heteroatoms. The number of nitrogens with one attached hydrogen (secondary N) is 2. The summed E-state index contributed by atoms with van der Waals surface area (Å²) in [6.45, 7) is 3.34. The van der Waals surface area contributed by atoms with Gasteiger partial charge in [0.05, 0.1) is 6.10 Å². The van der Waals surface area contributed by atoms with Crippen molar-refractivity contribution in [3.63, 3.8) is 0 Å². The number of ether oxygens (including phenoxy) is 1. The van der Waals surface area contributed by atoms with Gasteiger partial charge in [0, 0.05) is 52.1 Å². The molecule has 1 saturated carbocycles. The summed E-state index contributed by atoms with van der Waals surface area (Å²) in [7, 11) is 1.81. The van der Waals surface area contributed by atoms with Gasteiger partial charge in [-0.3, -0.25) is 4.99 Å². The van der Waals surface area contributed by atoms with Crippen LogP contribution in [0.1, 0.15) is 49.9 Å². The molecule has 0 bridgehead atoms. The van der Waals surface area contributed by atoms with Crippen LogP contribution in [0.3, 0.4) is 0 Å². The molecule has 0 aliphatic heterocycles. The second-order valence-electron chi connectivity index (χ2n) is 7.62. The molecule has 0 atom stereocenters. The minimum Gasteiger partial charge on any atom is -0.378 e. The van der Waals surface area contributed by atoms with Crippen molar-refractivity contribution in [3.05, 3.63) is 54.1 Å². The van der Waals surface area contributed by atoms with Gasteiger partial charge >= 0.3 is 0 Å². The average molecular weight is 398 g/mol. The fourth-order valence-corrected chi connectivity index (χ4v) is 3.77. The molecule has 1 aromatic heterocycles. The fraction of sp³-hybridized carbons (Fsp3) is 0.565. The van der Waals surface area contributed by atoms with E-state index in [0.717, 1.165) is 50.9 Å². The Bertz CT molecular complexity index is 722. The fourth-order valence-electron chi connectivity index (χ4n) is 3.77. The standard InChI is InChI=1S/C23H35N5O/c1-24-23(26-14-8-18-29-21-11-6-3-7-12-21)27-15-13-22-25-16-17-28(22)19-20-9-4-2-5-10-20/h2,4-5,9-10,16-17,21H,3,6-8,11-15,18-19H2,1H3,(H2,24,26,27). The van der Waals surface area contributed by atoms with Crippen molar-refractivity contribution in [3.8, 4) is 0 Å². The second kappa shape index (κ2) is 12.3. The molecule has 0 radical (unpaired) electrons. The van der Waals surface area contributed by atoms with E-state index in [1.54, 1.807) is 0 Å². The molecule has 158 valence electrons. The maximum absolute atomic E-state index is 5.98. The molecule has 1 fully saturated rings. The molecule has 3 rings (SSSR count). The Labute approximate surface area is 174 Å². The maximum atomic E-state index is 5.98. The van der Waals surface area contributed by atoms with Crippen molar-refractivity contribution in [2.45, 2.75) is 57.6 Å². The number of benzene rings is 1. The van der Waals surface area contributed by atoms with E-state index >= 15 is 0 Å². The zero-order valence-electron chi connectivity index (χ0n) is 17.6. The largest absolute Gasteiger partial charge is 0.378 e. The van der Waals surface area contributed by atoms with Crippen molar-refractivity contribution >= 4 is 5.96 Å². The number of imidazole rings is 1. The first-order valence-electron chi connectivity index (χ1n) is 10.9. The van der Waals surface area contributed by atoms with Gasteiger partial charge in [0.1, 0.15) is 5.82 Å². The van der Waals surface area contributed by atoms with Crippen LogP contribution in [0.15, 0.2) is 47.7 Å². The molecule has 0 unspecified atom stereocenters. The first-order valence-corrected chi connectivity index (χ1v) is 10.9. The minimum atomic E-state index is 0.487. The van der Waals surface area contributed by atoms with Crippen LogP contribution in [-0.2, 0) is 17.7 Å². The molecule has 1 heterocycles. The topological polar surface area (TPSA) is 63.5 Å². The van der Waals surface area contributed by atoms with E-state index in [9.17, 15) is 0 Å². The van der Waals surface area contributed by atoms with Gasteiger partial charge in [0.25, 0.3) is 0 Å². The van der Waals surface area contributed by atoms with Crippen LogP contribution in [0.5, 0.6) is 0 Å². The Morgan fingerprint density at radius 2 is 1.93 bits per heavy atom. The zero-order chi connectivity index (χ0) is 20.2. The average Bonchev–Trinajstić information content (AvgIpc) is 3.20. The summed E-state index contributed by atoms with van der Waals surface area (Å²) in [5.41, 5.74) is 1.28. The molecular formula is C23H35N5O. The molecule has 0 saturated heterocycles. The van der Waals surface area contributed by atoms with E-state index in [1.165, 1.54) is 37.7 Å². The Kier molecular flexibility index (Phi) is 9.04. The second-order valence-corrected chi connectivity index (χ2v) is 7.62. The molecule has 1 aliphatic rings. The molecule has 0 amide bonds. The summed E-state index contributed by atoms with van der Waals surface area (Å²) in [5, 5.41) is 6.76. The van der Waals surface area contributed by atoms with Gasteiger partial charge < -0.3 is 19.9 Å². The van der Waals surface area contributed by atoms with Crippen molar-refractivity contribution in [1.29, 1.82) is 0 Å². The molecule has 6 nitrogen and oxygen atoms in total. The molecule has 2 aromatic rings. The number of guanidine groups is 1. The number of hydrogen-bond donors (Lipinski definition) is 2. The molecule has 0 spiro atoms. The van der Waals surface area contributed by atoms with Crippen molar-refractivity contribution in [2.75, 3.05) is 26.7 Å². The zero-order valence-corrected chi connectivity index (χ0v) is 17.6. The third kappa shape index (κ3) is 7.54. The molecule has 1 aliphatic carbocycles. The van der Waals surface area contributed by atoms with Crippen LogP contribution < -0.4 is 10.6 Å². The van der Waals surface area contributed by atoms with E-state index in [0.29, 0.717) is 6.10 Å². The number of aliphatic imine (C=N–C) groups is 1. The SMILES string of the molecule is CN=C(NCCCOC1CCCCC1)NCCc1nccn1Cc1ccccc1. The van der Waals surface area contributed by atoms with Crippen LogP contribution in [0.2, 0.25) is 0 Å². The maximum Gasteiger partial charge on any atom is 0.190 e. The summed E-state index contributed by atoms with van der Waals surface area (Å²) in [6.07, 6.45) is 12.7. The lowest BCUT2D eigenvalue weighted by Crippen LogP contribution is -2.39. The highest BCUT2D eigenvalue weighted by Gasteiger charge is 2.13. The lowest BCUT2D eigenvalue weighted by Gasteiger charge is -2.22. The Morgan fingerprint density at radius 3 is 2.72 bits per heavy atom. The number of aromatic nitrogens is 2. The third-order valence-electron chi connectivity index (χ3n) is 5.38. The molecular weight excluding hydrogens is 362 g/mol. The smallest absolute Gasteiger partial charge is 0.190 e. The van der Waals surface area contributed by atoms with Crippen LogP contribution in [-0.4, -0.2) is 48.4 Å². The first-order chi connectivity index (χ1) is 14.3. The van der Waals surface area contributed by atoms with Gasteiger partial charge in [0.2, 0.25) is 0 Å². The third-order valence-corrected chi connectivity index (χ3v) is 5.38. The summed E-state index contributed by atoms with van der Waals surface area (Å²) in [4.78, 5) is 8.82. The van der Waals surface area contributed by atoms with Gasteiger partial charge in [-0.15, -0.1) is 0 Å². The van der Waals surface area contributed by atoms with E-state index in [1.807, 2.05) is 25.5 Å². The van der Waals surface area contributed by atoms with E-state index in [-0.39, 0.29) is 0 Å². The first kappa shape index (κ1) is 21.4. The summed E-state index contributed by atoms with van der Waals surface area (Å²) >= 11 is 0. The Hall–Kier alpha value is -2.34. The highest BCUT2D eigenvalue weighted by atomic mass is 16.5. The van der Waals surface area contributed by atoms with Crippen LogP contribution in [0.25, 0.3) is 0 Å². The minimum absolute atomic E-state index is 0.487. The lowest BCUT2D eigenvalue weighted by molar-refractivity contribution is 0.0277. The van der Waals surface area contributed by atoms with Gasteiger partial charge in [-0.2, -0.15) is 0 Å². The van der Waals surface area contributed by atoms with Crippen LogP contribution in [0.4, 0.5) is 0 Å².